The molecule has 0 atom stereocenters. The van der Waals surface area contributed by atoms with Crippen LogP contribution in [-0.4, -0.2) is 4.92 Å². The Kier molecular flexibility index (Phi) is 2.27. The van der Waals surface area contributed by atoms with Crippen molar-refractivity contribution in [3.05, 3.63) is 64.2 Å². The lowest BCUT2D eigenvalue weighted by molar-refractivity contribution is -0.381. The monoisotopic (exact) mass is 237 g/mol. The predicted molar refractivity (Wildman–Crippen MR) is 72.8 cm³/mol. The van der Waals surface area contributed by atoms with E-state index >= 15 is 0 Å². The van der Waals surface area contributed by atoms with Gasteiger partial charge in [-0.15, -0.1) is 0 Å². The van der Waals surface area contributed by atoms with E-state index in [2.05, 4.69) is 0 Å². The number of fused-ring (bicyclic) bond motifs is 2. The third-order valence-electron chi connectivity index (χ3n) is 3.25. The van der Waals surface area contributed by atoms with Gasteiger partial charge >= 0.3 is 0 Å². The number of nitro benzene ring substituents is 1. The van der Waals surface area contributed by atoms with Gasteiger partial charge in [-0.1, -0.05) is 36.4 Å². The van der Waals surface area contributed by atoms with E-state index in [1.54, 1.807) is 6.07 Å². The molecule has 3 heteroatoms. The van der Waals surface area contributed by atoms with E-state index in [0.717, 1.165) is 21.7 Å². The number of non-ortho nitro benzene ring substituents is 1. The summed E-state index contributed by atoms with van der Waals surface area (Å²) in [6.07, 6.45) is 0. The van der Waals surface area contributed by atoms with Crippen LogP contribution in [0.1, 0.15) is 5.56 Å². The van der Waals surface area contributed by atoms with Crippen molar-refractivity contribution in [1.29, 1.82) is 0 Å². The summed E-state index contributed by atoms with van der Waals surface area (Å²) >= 11 is 0. The molecule has 0 fully saturated rings. The maximum absolute atomic E-state index is 11.4. The number of hydrogen-bond donors (Lipinski definition) is 0. The van der Waals surface area contributed by atoms with Gasteiger partial charge < -0.3 is 0 Å². The van der Waals surface area contributed by atoms with Crippen molar-refractivity contribution >= 4 is 27.2 Å². The zero-order valence-corrected chi connectivity index (χ0v) is 9.88. The summed E-state index contributed by atoms with van der Waals surface area (Å²) < 4.78 is 0. The molecule has 0 aliphatic carbocycles. The van der Waals surface area contributed by atoms with Gasteiger partial charge in [-0.3, -0.25) is 10.1 Å². The fourth-order valence-electron chi connectivity index (χ4n) is 2.46. The van der Waals surface area contributed by atoms with Crippen molar-refractivity contribution in [2.24, 2.45) is 0 Å². The maximum Gasteiger partial charge on any atom is 0.285 e. The minimum Gasteiger partial charge on any atom is -0.258 e. The van der Waals surface area contributed by atoms with Gasteiger partial charge in [0.05, 0.1) is 15.7 Å². The second kappa shape index (κ2) is 3.81. The highest BCUT2D eigenvalue weighted by molar-refractivity contribution is 6.09. The number of nitro groups is 1. The molecule has 0 aliphatic heterocycles. The zero-order valence-electron chi connectivity index (χ0n) is 9.88. The third kappa shape index (κ3) is 1.44. The van der Waals surface area contributed by atoms with Crippen LogP contribution in [-0.2, 0) is 0 Å². The van der Waals surface area contributed by atoms with E-state index in [9.17, 15) is 10.1 Å². The van der Waals surface area contributed by atoms with Crippen LogP contribution in [0.2, 0.25) is 0 Å². The van der Waals surface area contributed by atoms with E-state index in [1.807, 2.05) is 49.4 Å². The van der Waals surface area contributed by atoms with E-state index in [-0.39, 0.29) is 10.6 Å². The highest BCUT2D eigenvalue weighted by Crippen LogP contribution is 2.36. The molecule has 18 heavy (non-hydrogen) atoms. The molecule has 3 rings (SSSR count). The van der Waals surface area contributed by atoms with Crippen molar-refractivity contribution in [3.8, 4) is 0 Å². The molecule has 3 aromatic rings. The van der Waals surface area contributed by atoms with Crippen molar-refractivity contribution in [2.75, 3.05) is 0 Å². The van der Waals surface area contributed by atoms with E-state index in [1.165, 1.54) is 0 Å². The van der Waals surface area contributed by atoms with Crippen molar-refractivity contribution in [1.82, 2.24) is 0 Å². The van der Waals surface area contributed by atoms with Gasteiger partial charge in [-0.2, -0.15) is 0 Å². The van der Waals surface area contributed by atoms with Gasteiger partial charge in [-0.25, -0.2) is 0 Å². The molecule has 0 N–H and O–H groups in total. The standard InChI is InChI=1S/C15H11NO2/c1-10-5-4-7-12-9-11-6-2-3-8-13(11)15(14(10)12)16(17)18/h2-9H,1H3. The molecule has 0 aliphatic rings. The van der Waals surface area contributed by atoms with Gasteiger partial charge in [0.15, 0.2) is 0 Å². The highest BCUT2D eigenvalue weighted by atomic mass is 16.6. The molecular formula is C15H11NO2. The van der Waals surface area contributed by atoms with Crippen LogP contribution >= 0.6 is 0 Å². The predicted octanol–water partition coefficient (Wildman–Crippen LogP) is 4.21. The number of nitrogens with zero attached hydrogens (tertiary/aromatic N) is 1. The number of rotatable bonds is 1. The topological polar surface area (TPSA) is 43.1 Å². The second-order valence-corrected chi connectivity index (χ2v) is 4.38. The van der Waals surface area contributed by atoms with Gasteiger partial charge in [0.1, 0.15) is 0 Å². The Morgan fingerprint density at radius 1 is 1.00 bits per heavy atom. The third-order valence-corrected chi connectivity index (χ3v) is 3.25. The average Bonchev–Trinajstić information content (AvgIpc) is 2.36. The molecule has 3 aromatic carbocycles. The summed E-state index contributed by atoms with van der Waals surface area (Å²) in [7, 11) is 0. The first-order valence-corrected chi connectivity index (χ1v) is 5.74. The molecule has 0 heterocycles. The van der Waals surface area contributed by atoms with Crippen LogP contribution in [0.5, 0.6) is 0 Å². The first-order valence-electron chi connectivity index (χ1n) is 5.74. The van der Waals surface area contributed by atoms with E-state index in [0.29, 0.717) is 5.39 Å². The van der Waals surface area contributed by atoms with Crippen LogP contribution in [0, 0.1) is 17.0 Å². The Hall–Kier alpha value is -2.42. The maximum atomic E-state index is 11.4. The van der Waals surface area contributed by atoms with Gasteiger partial charge in [-0.05, 0) is 35.4 Å². The number of benzene rings is 3. The normalized spacial score (nSPS) is 10.9. The summed E-state index contributed by atoms with van der Waals surface area (Å²) in [6, 6.07) is 15.2. The van der Waals surface area contributed by atoms with Crippen LogP contribution in [0.3, 0.4) is 0 Å². The fourth-order valence-corrected chi connectivity index (χ4v) is 2.46. The Labute approximate surface area is 104 Å². The Morgan fingerprint density at radius 3 is 2.50 bits per heavy atom. The molecule has 0 unspecified atom stereocenters. The van der Waals surface area contributed by atoms with Crippen molar-refractivity contribution < 1.29 is 4.92 Å². The van der Waals surface area contributed by atoms with E-state index in [4.69, 9.17) is 0 Å². The summed E-state index contributed by atoms with van der Waals surface area (Å²) in [5.74, 6) is 0. The molecule has 0 saturated carbocycles. The molecular weight excluding hydrogens is 226 g/mol. The Morgan fingerprint density at radius 2 is 1.72 bits per heavy atom. The van der Waals surface area contributed by atoms with Gasteiger partial charge in [0.2, 0.25) is 0 Å². The summed E-state index contributed by atoms with van der Waals surface area (Å²) in [6.45, 7) is 1.91. The lowest BCUT2D eigenvalue weighted by Gasteiger charge is -2.06. The first-order chi connectivity index (χ1) is 8.68. The molecule has 0 saturated heterocycles. The Bertz CT molecular complexity index is 778. The fraction of sp³-hybridized carbons (Fsp3) is 0.0667. The largest absolute Gasteiger partial charge is 0.285 e. The number of hydrogen-bond acceptors (Lipinski definition) is 2. The quantitative estimate of drug-likeness (QED) is 0.361. The van der Waals surface area contributed by atoms with Crippen molar-refractivity contribution in [2.45, 2.75) is 6.92 Å². The molecule has 0 spiro atoms. The zero-order chi connectivity index (χ0) is 12.7. The van der Waals surface area contributed by atoms with Crippen molar-refractivity contribution in [3.63, 3.8) is 0 Å². The van der Waals surface area contributed by atoms with E-state index < -0.39 is 0 Å². The van der Waals surface area contributed by atoms with Crippen LogP contribution < -0.4 is 0 Å². The molecule has 0 bridgehead atoms. The minimum absolute atomic E-state index is 0.209. The summed E-state index contributed by atoms with van der Waals surface area (Å²) in [4.78, 5) is 11.1. The summed E-state index contributed by atoms with van der Waals surface area (Å²) in [5, 5.41) is 14.6. The summed E-state index contributed by atoms with van der Waals surface area (Å²) in [5.41, 5.74) is 1.14. The molecule has 0 amide bonds. The minimum atomic E-state index is -0.280. The molecule has 3 nitrogen and oxygen atoms in total. The molecule has 0 aromatic heterocycles. The van der Waals surface area contributed by atoms with Crippen LogP contribution in [0.25, 0.3) is 21.5 Å². The van der Waals surface area contributed by atoms with Crippen LogP contribution in [0.15, 0.2) is 48.5 Å². The van der Waals surface area contributed by atoms with Gasteiger partial charge in [0, 0.05) is 0 Å². The highest BCUT2D eigenvalue weighted by Gasteiger charge is 2.18. The lowest BCUT2D eigenvalue weighted by atomic mass is 9.98. The SMILES string of the molecule is Cc1cccc2cc3ccccc3c([N+](=O)[O-])c12. The lowest BCUT2D eigenvalue weighted by Crippen LogP contribution is -1.93. The number of aryl methyl sites for hydroxylation is 1. The van der Waals surface area contributed by atoms with Crippen LogP contribution in [0.4, 0.5) is 5.69 Å². The Balaban J connectivity index is 2.64. The first kappa shape index (κ1) is 10.7. The second-order valence-electron chi connectivity index (χ2n) is 4.38. The molecule has 88 valence electrons. The molecule has 0 radical (unpaired) electrons. The smallest absolute Gasteiger partial charge is 0.258 e. The average molecular weight is 237 g/mol. The van der Waals surface area contributed by atoms with Gasteiger partial charge in [0.25, 0.3) is 5.69 Å².